The first-order chi connectivity index (χ1) is 12.0. The molecule has 0 atom stereocenters. The number of hydrogen-bond acceptors (Lipinski definition) is 4. The van der Waals surface area contributed by atoms with E-state index in [1.165, 1.54) is 7.11 Å². The highest BCUT2D eigenvalue weighted by atomic mass is 16.5. The Bertz CT molecular complexity index is 1060. The van der Waals surface area contributed by atoms with E-state index >= 15 is 0 Å². The van der Waals surface area contributed by atoms with Crippen molar-refractivity contribution in [3.8, 4) is 0 Å². The number of nitrogens with zero attached hydrogens (tertiary/aromatic N) is 2. The zero-order chi connectivity index (χ0) is 17.6. The minimum atomic E-state index is -0.321. The number of ketones is 1. The number of fused-ring (bicyclic) bond motifs is 3. The van der Waals surface area contributed by atoms with Crippen molar-refractivity contribution < 1.29 is 9.53 Å². The Morgan fingerprint density at radius 1 is 1.00 bits per heavy atom. The summed E-state index contributed by atoms with van der Waals surface area (Å²) >= 11 is 0. The molecule has 0 radical (unpaired) electrons. The maximum atomic E-state index is 13.0. The topological polar surface area (TPSA) is 51.0 Å². The highest BCUT2D eigenvalue weighted by molar-refractivity contribution is 6.12. The second kappa shape index (κ2) is 5.52. The average Bonchev–Trinajstić information content (AvgIpc) is 2.61. The number of rotatable bonds is 2. The van der Waals surface area contributed by atoms with Crippen LogP contribution < -0.4 is 10.7 Å². The van der Waals surface area contributed by atoms with Gasteiger partial charge in [0.15, 0.2) is 5.76 Å². The summed E-state index contributed by atoms with van der Waals surface area (Å²) in [6.07, 6.45) is 4.10. The Balaban J connectivity index is 2.09. The molecule has 0 N–H and O–H groups in total. The minimum absolute atomic E-state index is 0.156. The standard InChI is InChI=1S/C21H18N2O2/c1-21(2)12-11-14-9-10-15-18(16(14)23-21)22-17(20(25-3)19(15)24)13-7-5-4-6-8-13/h4-12H,1-3H3. The average molecular weight is 330 g/mol. The van der Waals surface area contributed by atoms with E-state index < -0.39 is 0 Å². The van der Waals surface area contributed by atoms with Crippen molar-refractivity contribution in [2.24, 2.45) is 9.98 Å². The largest absolute Gasteiger partial charge is 0.491 e. The number of methoxy groups -OCH3 is 1. The summed E-state index contributed by atoms with van der Waals surface area (Å²) in [5, 5.41) is 1.39. The third-order valence-electron chi connectivity index (χ3n) is 4.39. The molecule has 2 aliphatic heterocycles. The van der Waals surface area contributed by atoms with Gasteiger partial charge in [0.2, 0.25) is 5.78 Å². The molecular weight excluding hydrogens is 312 g/mol. The van der Waals surface area contributed by atoms with Gasteiger partial charge in [0.25, 0.3) is 0 Å². The molecule has 2 aliphatic rings. The van der Waals surface area contributed by atoms with Crippen LogP contribution in [0.25, 0.3) is 11.8 Å². The van der Waals surface area contributed by atoms with Gasteiger partial charge in [-0.1, -0.05) is 48.6 Å². The van der Waals surface area contributed by atoms with E-state index in [0.717, 1.165) is 16.5 Å². The number of carbonyl (C=O) groups is 1. The molecule has 4 rings (SSSR count). The lowest BCUT2D eigenvalue weighted by Crippen LogP contribution is -2.40. The van der Waals surface area contributed by atoms with Gasteiger partial charge in [-0.25, -0.2) is 4.99 Å². The smallest absolute Gasteiger partial charge is 0.232 e. The summed E-state index contributed by atoms with van der Waals surface area (Å²) < 4.78 is 5.40. The van der Waals surface area contributed by atoms with Crippen LogP contribution in [0.2, 0.25) is 0 Å². The molecule has 124 valence electrons. The van der Waals surface area contributed by atoms with Gasteiger partial charge in [-0.3, -0.25) is 9.79 Å². The van der Waals surface area contributed by atoms with Crippen LogP contribution in [0.5, 0.6) is 0 Å². The second-order valence-corrected chi connectivity index (χ2v) is 6.69. The number of benzene rings is 2. The zero-order valence-corrected chi connectivity index (χ0v) is 14.4. The number of Topliss-reactive ketones (excluding diaryl/α,β-unsaturated/α-hetero) is 1. The Morgan fingerprint density at radius 2 is 1.76 bits per heavy atom. The Morgan fingerprint density at radius 3 is 2.48 bits per heavy atom. The lowest BCUT2D eigenvalue weighted by molar-refractivity contribution is 0.0951. The monoisotopic (exact) mass is 330 g/mol. The number of ether oxygens (including phenoxy) is 1. The van der Waals surface area contributed by atoms with E-state index in [2.05, 4.69) is 6.08 Å². The van der Waals surface area contributed by atoms with Gasteiger partial charge in [-0.15, -0.1) is 0 Å². The fourth-order valence-electron chi connectivity index (χ4n) is 3.14. The maximum absolute atomic E-state index is 13.0. The molecular formula is C21H18N2O2. The van der Waals surface area contributed by atoms with Crippen molar-refractivity contribution in [3.05, 3.63) is 81.7 Å². The summed E-state index contributed by atoms with van der Waals surface area (Å²) in [5.41, 5.74) is 2.59. The summed E-state index contributed by atoms with van der Waals surface area (Å²) in [4.78, 5) is 22.6. The fourth-order valence-corrected chi connectivity index (χ4v) is 3.14. The van der Waals surface area contributed by atoms with Crippen LogP contribution in [0, 0.1) is 0 Å². The summed E-state index contributed by atoms with van der Waals surface area (Å²) in [6.45, 7) is 4.07. The van der Waals surface area contributed by atoms with E-state index in [4.69, 9.17) is 14.7 Å². The van der Waals surface area contributed by atoms with Gasteiger partial charge in [0.05, 0.1) is 23.6 Å². The van der Waals surface area contributed by atoms with Crippen molar-refractivity contribution in [2.45, 2.75) is 19.4 Å². The number of allylic oxidation sites excluding steroid dienone is 1. The molecule has 0 aliphatic carbocycles. The molecule has 0 unspecified atom stereocenters. The second-order valence-electron chi connectivity index (χ2n) is 6.69. The van der Waals surface area contributed by atoms with Crippen molar-refractivity contribution in [3.63, 3.8) is 0 Å². The summed E-state index contributed by atoms with van der Waals surface area (Å²) in [7, 11) is 1.51. The Hall–Kier alpha value is -3.01. The van der Waals surface area contributed by atoms with Crippen LogP contribution in [0.1, 0.15) is 35.3 Å². The van der Waals surface area contributed by atoms with Crippen LogP contribution in [0.4, 0.5) is 0 Å². The van der Waals surface area contributed by atoms with Crippen LogP contribution in [-0.2, 0) is 4.74 Å². The minimum Gasteiger partial charge on any atom is -0.491 e. The van der Waals surface area contributed by atoms with Gasteiger partial charge in [-0.05, 0) is 19.9 Å². The van der Waals surface area contributed by atoms with Crippen molar-refractivity contribution in [2.75, 3.05) is 7.11 Å². The molecule has 2 aromatic carbocycles. The molecule has 0 bridgehead atoms. The fraction of sp³-hybridized carbons (Fsp3) is 0.190. The third kappa shape index (κ3) is 2.50. The van der Waals surface area contributed by atoms with E-state index in [9.17, 15) is 4.79 Å². The van der Waals surface area contributed by atoms with E-state index in [-0.39, 0.29) is 17.1 Å². The summed E-state index contributed by atoms with van der Waals surface area (Å²) in [6, 6.07) is 13.3. The highest BCUT2D eigenvalue weighted by Crippen LogP contribution is 2.25. The van der Waals surface area contributed by atoms with E-state index in [0.29, 0.717) is 16.6 Å². The Kier molecular flexibility index (Phi) is 3.42. The van der Waals surface area contributed by atoms with Crippen LogP contribution in [0.15, 0.2) is 64.3 Å². The van der Waals surface area contributed by atoms with Gasteiger partial charge >= 0.3 is 0 Å². The lowest BCUT2D eigenvalue weighted by Gasteiger charge is -2.21. The number of carbonyl (C=O) groups excluding carboxylic acids is 1. The number of hydrogen-bond donors (Lipinski definition) is 0. The van der Waals surface area contributed by atoms with Gasteiger partial charge in [0.1, 0.15) is 11.1 Å². The first-order valence-corrected chi connectivity index (χ1v) is 8.19. The predicted molar refractivity (Wildman–Crippen MR) is 96.6 cm³/mol. The molecule has 0 fully saturated rings. The SMILES string of the molecule is COC1=C(c2ccccc2)N=c2c(ccc3c2=NC(C)(C)C=C3)C1=O. The molecule has 0 saturated carbocycles. The van der Waals surface area contributed by atoms with Gasteiger partial charge in [0, 0.05) is 11.1 Å². The summed E-state index contributed by atoms with van der Waals surface area (Å²) in [5.74, 6) is 0.112. The van der Waals surface area contributed by atoms with E-state index in [1.54, 1.807) is 6.07 Å². The van der Waals surface area contributed by atoms with Crippen LogP contribution in [0.3, 0.4) is 0 Å². The van der Waals surface area contributed by atoms with Gasteiger partial charge in [-0.2, -0.15) is 0 Å². The van der Waals surface area contributed by atoms with Crippen LogP contribution >= 0.6 is 0 Å². The first kappa shape index (κ1) is 15.5. The van der Waals surface area contributed by atoms with Crippen molar-refractivity contribution >= 4 is 17.6 Å². The van der Waals surface area contributed by atoms with Gasteiger partial charge < -0.3 is 4.74 Å². The first-order valence-electron chi connectivity index (χ1n) is 8.19. The molecule has 4 heteroatoms. The molecule has 0 amide bonds. The third-order valence-corrected chi connectivity index (χ3v) is 4.39. The lowest BCUT2D eigenvalue weighted by atomic mass is 9.95. The molecule has 0 saturated heterocycles. The van der Waals surface area contributed by atoms with E-state index in [1.807, 2.05) is 56.3 Å². The van der Waals surface area contributed by atoms with Crippen molar-refractivity contribution in [1.29, 1.82) is 0 Å². The molecule has 0 spiro atoms. The predicted octanol–water partition coefficient (Wildman–Crippen LogP) is 2.94. The normalized spacial score (nSPS) is 17.3. The molecule has 2 heterocycles. The van der Waals surface area contributed by atoms with Crippen LogP contribution in [-0.4, -0.2) is 18.4 Å². The molecule has 25 heavy (non-hydrogen) atoms. The van der Waals surface area contributed by atoms with Crippen molar-refractivity contribution in [1.82, 2.24) is 0 Å². The zero-order valence-electron chi connectivity index (χ0n) is 14.4. The molecule has 2 aromatic rings. The quantitative estimate of drug-likeness (QED) is 0.850. The Labute approximate surface area is 145 Å². The maximum Gasteiger partial charge on any atom is 0.232 e. The highest BCUT2D eigenvalue weighted by Gasteiger charge is 2.27. The molecule has 0 aromatic heterocycles. The molecule has 4 nitrogen and oxygen atoms in total.